The molecule has 0 unspecified atom stereocenters. The zero-order chi connectivity index (χ0) is 21.2. The molecule has 0 saturated heterocycles. The molecule has 3 aromatic carbocycles. The molecule has 3 rings (SSSR count). The average Bonchev–Trinajstić information content (AvgIpc) is 2.70. The summed E-state index contributed by atoms with van der Waals surface area (Å²) in [7, 11) is -2.37. The Morgan fingerprint density at radius 1 is 0.897 bits per heavy atom. The minimum Gasteiger partial charge on any atom is -0.317 e. The highest BCUT2D eigenvalue weighted by molar-refractivity contribution is 7.92. The van der Waals surface area contributed by atoms with E-state index in [-0.39, 0.29) is 10.5 Å². The summed E-state index contributed by atoms with van der Waals surface area (Å²) in [5.74, 6) is -2.50. The van der Waals surface area contributed by atoms with Gasteiger partial charge < -0.3 is 5.32 Å². The summed E-state index contributed by atoms with van der Waals surface area (Å²) in [6.45, 7) is 1.86. The highest BCUT2D eigenvalue weighted by atomic mass is 32.2. The summed E-state index contributed by atoms with van der Waals surface area (Å²) in [4.78, 5) is 12.4. The molecule has 0 aromatic heterocycles. The first-order valence-corrected chi connectivity index (χ1v) is 10.0. The van der Waals surface area contributed by atoms with Crippen LogP contribution in [0.2, 0.25) is 0 Å². The van der Waals surface area contributed by atoms with E-state index in [1.165, 1.54) is 49.5 Å². The second-order valence-electron chi connectivity index (χ2n) is 6.38. The third-order valence-corrected chi connectivity index (χ3v) is 6.17. The number of para-hydroxylation sites is 1. The van der Waals surface area contributed by atoms with E-state index in [1.807, 2.05) is 6.92 Å². The molecule has 1 amide bonds. The molecule has 0 radical (unpaired) electrons. The van der Waals surface area contributed by atoms with Crippen molar-refractivity contribution in [3.8, 4) is 0 Å². The quantitative estimate of drug-likeness (QED) is 0.672. The maximum atomic E-state index is 13.7. The summed E-state index contributed by atoms with van der Waals surface area (Å²) in [5, 5.41) is 2.18. The van der Waals surface area contributed by atoms with Crippen molar-refractivity contribution in [1.82, 2.24) is 0 Å². The molecule has 0 bridgehead atoms. The number of hydrogen-bond donors (Lipinski definition) is 1. The summed E-state index contributed by atoms with van der Waals surface area (Å²) >= 11 is 0. The number of carbonyl (C=O) groups is 1. The van der Waals surface area contributed by atoms with Crippen molar-refractivity contribution < 1.29 is 22.0 Å². The second-order valence-corrected chi connectivity index (χ2v) is 8.35. The highest BCUT2D eigenvalue weighted by Crippen LogP contribution is 2.24. The van der Waals surface area contributed by atoms with Crippen molar-refractivity contribution >= 4 is 27.3 Å². The molecule has 3 aromatic rings. The fourth-order valence-electron chi connectivity index (χ4n) is 2.63. The van der Waals surface area contributed by atoms with Crippen LogP contribution in [0.4, 0.5) is 20.2 Å². The normalized spacial score (nSPS) is 11.2. The Balaban J connectivity index is 1.80. The number of hydrogen-bond acceptors (Lipinski definition) is 3. The van der Waals surface area contributed by atoms with Crippen LogP contribution in [0.25, 0.3) is 0 Å². The number of benzene rings is 3. The van der Waals surface area contributed by atoms with E-state index in [0.717, 1.165) is 22.0 Å². The van der Waals surface area contributed by atoms with Crippen molar-refractivity contribution in [2.24, 2.45) is 0 Å². The second kappa shape index (κ2) is 8.00. The van der Waals surface area contributed by atoms with E-state index >= 15 is 0 Å². The van der Waals surface area contributed by atoms with E-state index in [9.17, 15) is 22.0 Å². The van der Waals surface area contributed by atoms with Gasteiger partial charge in [0.1, 0.15) is 17.3 Å². The SMILES string of the molecule is Cc1ccc(S(=O)(=O)N(C)c2ccc(C(=O)Nc3c(F)cccc3F)cc2)cc1. The van der Waals surface area contributed by atoms with Crippen LogP contribution in [-0.2, 0) is 10.0 Å². The van der Waals surface area contributed by atoms with E-state index < -0.39 is 33.3 Å². The van der Waals surface area contributed by atoms with Crippen LogP contribution in [0, 0.1) is 18.6 Å². The molecule has 5 nitrogen and oxygen atoms in total. The van der Waals surface area contributed by atoms with Gasteiger partial charge in [0, 0.05) is 12.6 Å². The molecule has 0 spiro atoms. The molecule has 0 aliphatic rings. The number of halogens is 2. The minimum absolute atomic E-state index is 0.123. The summed E-state index contributed by atoms with van der Waals surface area (Å²) in [6, 6.07) is 15.4. The van der Waals surface area contributed by atoms with Crippen molar-refractivity contribution in [2.45, 2.75) is 11.8 Å². The predicted molar refractivity (Wildman–Crippen MR) is 108 cm³/mol. The molecule has 1 N–H and O–H groups in total. The van der Waals surface area contributed by atoms with E-state index in [1.54, 1.807) is 12.1 Å². The molecule has 150 valence electrons. The summed E-state index contributed by atoms with van der Waals surface area (Å²) in [6.07, 6.45) is 0. The zero-order valence-corrected chi connectivity index (χ0v) is 16.5. The lowest BCUT2D eigenvalue weighted by Crippen LogP contribution is -2.26. The molecule has 0 aliphatic carbocycles. The third-order valence-electron chi connectivity index (χ3n) is 4.37. The van der Waals surface area contributed by atoms with Crippen LogP contribution >= 0.6 is 0 Å². The van der Waals surface area contributed by atoms with Gasteiger partial charge in [-0.25, -0.2) is 17.2 Å². The van der Waals surface area contributed by atoms with Gasteiger partial charge in [-0.3, -0.25) is 9.10 Å². The Bertz CT molecular complexity index is 1130. The smallest absolute Gasteiger partial charge is 0.264 e. The first kappa shape index (κ1) is 20.5. The molecule has 8 heteroatoms. The van der Waals surface area contributed by atoms with Crippen molar-refractivity contribution in [2.75, 3.05) is 16.7 Å². The topological polar surface area (TPSA) is 66.5 Å². The average molecular weight is 416 g/mol. The number of nitrogens with one attached hydrogen (secondary N) is 1. The first-order chi connectivity index (χ1) is 13.7. The molecule has 0 heterocycles. The van der Waals surface area contributed by atoms with Crippen LogP contribution in [-0.4, -0.2) is 21.4 Å². The van der Waals surface area contributed by atoms with Crippen LogP contribution in [0.5, 0.6) is 0 Å². The molecule has 0 saturated carbocycles. The summed E-state index contributed by atoms with van der Waals surface area (Å²) < 4.78 is 53.9. The van der Waals surface area contributed by atoms with Crippen molar-refractivity contribution in [3.05, 3.63) is 89.5 Å². The van der Waals surface area contributed by atoms with Gasteiger partial charge in [0.05, 0.1) is 10.6 Å². The van der Waals surface area contributed by atoms with Gasteiger partial charge in [-0.1, -0.05) is 23.8 Å². The molecular weight excluding hydrogens is 398 g/mol. The fourth-order valence-corrected chi connectivity index (χ4v) is 3.83. The Morgan fingerprint density at radius 3 is 2.00 bits per heavy atom. The first-order valence-electron chi connectivity index (χ1n) is 8.61. The number of amides is 1. The van der Waals surface area contributed by atoms with Crippen molar-refractivity contribution in [1.29, 1.82) is 0 Å². The minimum atomic E-state index is -3.77. The number of carbonyl (C=O) groups excluding carboxylic acids is 1. The third kappa shape index (κ3) is 4.27. The Labute approximate surface area is 167 Å². The van der Waals surface area contributed by atoms with Gasteiger partial charge in [-0.05, 0) is 55.5 Å². The van der Waals surface area contributed by atoms with Crippen LogP contribution < -0.4 is 9.62 Å². The maximum Gasteiger partial charge on any atom is 0.264 e. The van der Waals surface area contributed by atoms with Crippen molar-refractivity contribution in [3.63, 3.8) is 0 Å². The molecular formula is C21H18F2N2O3S. The lowest BCUT2D eigenvalue weighted by molar-refractivity contribution is 0.102. The van der Waals surface area contributed by atoms with Gasteiger partial charge in [-0.15, -0.1) is 0 Å². The Kier molecular flexibility index (Phi) is 5.65. The Hall–Kier alpha value is -3.26. The van der Waals surface area contributed by atoms with Gasteiger partial charge in [0.2, 0.25) is 0 Å². The molecule has 0 atom stereocenters. The van der Waals surface area contributed by atoms with E-state index in [2.05, 4.69) is 5.32 Å². The number of nitrogens with zero attached hydrogens (tertiary/aromatic N) is 1. The summed E-state index contributed by atoms with van der Waals surface area (Å²) in [5.41, 5.74) is 0.852. The predicted octanol–water partition coefficient (Wildman–Crippen LogP) is 4.35. The fraction of sp³-hybridized carbons (Fsp3) is 0.0952. The molecule has 29 heavy (non-hydrogen) atoms. The van der Waals surface area contributed by atoms with Gasteiger partial charge in [-0.2, -0.15) is 0 Å². The maximum absolute atomic E-state index is 13.7. The van der Waals surface area contributed by atoms with Crippen LogP contribution in [0.1, 0.15) is 15.9 Å². The molecule has 0 fully saturated rings. The standard InChI is InChI=1S/C21H18F2N2O3S/c1-14-6-12-17(13-7-14)29(27,28)25(2)16-10-8-15(9-11-16)21(26)24-20-18(22)4-3-5-19(20)23/h3-13H,1-2H3,(H,24,26). The Morgan fingerprint density at radius 2 is 1.45 bits per heavy atom. The lowest BCUT2D eigenvalue weighted by Gasteiger charge is -2.20. The molecule has 0 aliphatic heterocycles. The number of sulfonamides is 1. The van der Waals surface area contributed by atoms with Crippen LogP contribution in [0.3, 0.4) is 0 Å². The van der Waals surface area contributed by atoms with E-state index in [0.29, 0.717) is 5.69 Å². The number of anilines is 2. The number of aryl methyl sites for hydroxylation is 1. The van der Waals surface area contributed by atoms with Gasteiger partial charge in [0.25, 0.3) is 15.9 Å². The zero-order valence-electron chi connectivity index (χ0n) is 15.7. The lowest BCUT2D eigenvalue weighted by atomic mass is 10.2. The number of rotatable bonds is 5. The largest absolute Gasteiger partial charge is 0.317 e. The highest BCUT2D eigenvalue weighted by Gasteiger charge is 2.21. The monoisotopic (exact) mass is 416 g/mol. The van der Waals surface area contributed by atoms with Gasteiger partial charge in [0.15, 0.2) is 0 Å². The van der Waals surface area contributed by atoms with Gasteiger partial charge >= 0.3 is 0 Å². The van der Waals surface area contributed by atoms with E-state index in [4.69, 9.17) is 0 Å². The van der Waals surface area contributed by atoms with Crippen LogP contribution in [0.15, 0.2) is 71.6 Å².